The van der Waals surface area contributed by atoms with Gasteiger partial charge in [0.25, 0.3) is 0 Å². The minimum Gasteiger partial charge on any atom is -0.313 e. The molecule has 0 spiro atoms. The summed E-state index contributed by atoms with van der Waals surface area (Å²) in [5, 5.41) is 3.73. The first-order valence-electron chi connectivity index (χ1n) is 5.86. The number of nitrogens with one attached hydrogen (secondary N) is 1. The molecule has 0 atom stereocenters. The van der Waals surface area contributed by atoms with Crippen LogP contribution in [0.4, 0.5) is 0 Å². The molecule has 76 valence electrons. The molecule has 0 aromatic rings. The third-order valence-electron chi connectivity index (χ3n) is 4.23. The molecule has 0 amide bonds. The molecule has 2 fully saturated rings. The van der Waals surface area contributed by atoms with E-state index >= 15 is 0 Å². The van der Waals surface area contributed by atoms with Crippen LogP contribution in [0, 0.1) is 17.3 Å². The number of hydrogen-bond donors (Lipinski definition) is 1. The molecule has 0 heterocycles. The van der Waals surface area contributed by atoms with Crippen LogP contribution < -0.4 is 5.32 Å². The first-order valence-corrected chi connectivity index (χ1v) is 5.86. The second-order valence-corrected chi connectivity index (χ2v) is 5.67. The molecule has 13 heavy (non-hydrogen) atoms. The maximum atomic E-state index is 3.73. The van der Waals surface area contributed by atoms with Crippen molar-refractivity contribution in [2.75, 3.05) is 6.54 Å². The number of hydrogen-bond acceptors (Lipinski definition) is 1. The minimum absolute atomic E-state index is 0.693. The van der Waals surface area contributed by atoms with Crippen molar-refractivity contribution in [1.29, 1.82) is 0 Å². The summed E-state index contributed by atoms with van der Waals surface area (Å²) in [7, 11) is 0. The Morgan fingerprint density at radius 2 is 1.92 bits per heavy atom. The summed E-state index contributed by atoms with van der Waals surface area (Å²) in [5.41, 5.74) is 0.693. The van der Waals surface area contributed by atoms with Crippen LogP contribution in [-0.4, -0.2) is 12.6 Å². The van der Waals surface area contributed by atoms with Crippen molar-refractivity contribution in [2.24, 2.45) is 17.3 Å². The van der Waals surface area contributed by atoms with Crippen molar-refractivity contribution in [3.8, 4) is 0 Å². The van der Waals surface area contributed by atoms with E-state index in [0.717, 1.165) is 17.9 Å². The molecule has 2 aliphatic carbocycles. The third kappa shape index (κ3) is 1.90. The zero-order valence-electron chi connectivity index (χ0n) is 9.27. The van der Waals surface area contributed by atoms with Gasteiger partial charge in [0.1, 0.15) is 0 Å². The zero-order chi connectivity index (χ0) is 9.47. The Kier molecular flexibility index (Phi) is 2.39. The lowest BCUT2D eigenvalue weighted by molar-refractivity contribution is 0.214. The van der Waals surface area contributed by atoms with Crippen molar-refractivity contribution in [2.45, 2.75) is 52.5 Å². The standard InChI is InChI=1S/C12H23N/c1-9(2)12(4-5-12)8-13-11-6-10(3)7-11/h9-11,13H,4-8H2,1-3H3. The summed E-state index contributed by atoms with van der Waals surface area (Å²) >= 11 is 0. The normalized spacial score (nSPS) is 36.0. The predicted molar refractivity (Wildman–Crippen MR) is 56.7 cm³/mol. The quantitative estimate of drug-likeness (QED) is 0.703. The topological polar surface area (TPSA) is 12.0 Å². The summed E-state index contributed by atoms with van der Waals surface area (Å²) in [5.74, 6) is 1.85. The Hall–Kier alpha value is -0.0400. The lowest BCUT2D eigenvalue weighted by atomic mass is 9.81. The molecule has 0 bridgehead atoms. The van der Waals surface area contributed by atoms with Crippen LogP contribution in [0.25, 0.3) is 0 Å². The fourth-order valence-electron chi connectivity index (χ4n) is 2.54. The van der Waals surface area contributed by atoms with E-state index in [1.165, 1.54) is 32.2 Å². The average Bonchev–Trinajstić information content (AvgIpc) is 2.76. The van der Waals surface area contributed by atoms with Crippen molar-refractivity contribution < 1.29 is 0 Å². The Bertz CT molecular complexity index is 176. The molecule has 1 heteroatoms. The Morgan fingerprint density at radius 3 is 2.31 bits per heavy atom. The van der Waals surface area contributed by atoms with Crippen LogP contribution in [0.2, 0.25) is 0 Å². The molecular weight excluding hydrogens is 158 g/mol. The number of rotatable bonds is 4. The minimum atomic E-state index is 0.693. The monoisotopic (exact) mass is 181 g/mol. The Morgan fingerprint density at radius 1 is 1.31 bits per heavy atom. The van der Waals surface area contributed by atoms with Crippen LogP contribution in [0.15, 0.2) is 0 Å². The van der Waals surface area contributed by atoms with Gasteiger partial charge in [0.05, 0.1) is 0 Å². The highest BCUT2D eigenvalue weighted by Crippen LogP contribution is 2.51. The summed E-state index contributed by atoms with van der Waals surface area (Å²) < 4.78 is 0. The molecule has 0 unspecified atom stereocenters. The van der Waals surface area contributed by atoms with Gasteiger partial charge in [-0.15, -0.1) is 0 Å². The summed E-state index contributed by atoms with van der Waals surface area (Å²) in [6.45, 7) is 8.38. The van der Waals surface area contributed by atoms with Gasteiger partial charge in [0, 0.05) is 12.6 Å². The van der Waals surface area contributed by atoms with E-state index in [4.69, 9.17) is 0 Å². The van der Waals surface area contributed by atoms with E-state index < -0.39 is 0 Å². The van der Waals surface area contributed by atoms with Crippen molar-refractivity contribution in [3.63, 3.8) is 0 Å². The molecular formula is C12H23N. The first kappa shape index (κ1) is 9.51. The smallest absolute Gasteiger partial charge is 0.00723 e. The van der Waals surface area contributed by atoms with E-state index in [-0.39, 0.29) is 0 Å². The second kappa shape index (κ2) is 3.27. The third-order valence-corrected chi connectivity index (χ3v) is 4.23. The molecule has 0 aliphatic heterocycles. The lowest BCUT2D eigenvalue weighted by Gasteiger charge is -2.35. The van der Waals surface area contributed by atoms with E-state index in [1.54, 1.807) is 0 Å². The molecule has 2 saturated carbocycles. The van der Waals surface area contributed by atoms with Gasteiger partial charge in [-0.1, -0.05) is 20.8 Å². The first-order chi connectivity index (χ1) is 6.12. The summed E-state index contributed by atoms with van der Waals surface area (Å²) in [6, 6.07) is 0.853. The highest BCUT2D eigenvalue weighted by molar-refractivity contribution is 4.98. The van der Waals surface area contributed by atoms with Crippen LogP contribution in [0.5, 0.6) is 0 Å². The largest absolute Gasteiger partial charge is 0.313 e. The SMILES string of the molecule is CC1CC(NCC2(C(C)C)CC2)C1. The van der Waals surface area contributed by atoms with E-state index in [0.29, 0.717) is 5.41 Å². The Balaban J connectivity index is 1.68. The van der Waals surface area contributed by atoms with Gasteiger partial charge in [-0.3, -0.25) is 0 Å². The highest BCUT2D eigenvalue weighted by atomic mass is 15.0. The van der Waals surface area contributed by atoms with Crippen LogP contribution in [-0.2, 0) is 0 Å². The van der Waals surface area contributed by atoms with Gasteiger partial charge in [0.15, 0.2) is 0 Å². The van der Waals surface area contributed by atoms with E-state index in [2.05, 4.69) is 26.1 Å². The second-order valence-electron chi connectivity index (χ2n) is 5.67. The zero-order valence-corrected chi connectivity index (χ0v) is 9.27. The molecule has 2 rings (SSSR count). The molecule has 1 N–H and O–H groups in total. The average molecular weight is 181 g/mol. The maximum Gasteiger partial charge on any atom is 0.00723 e. The van der Waals surface area contributed by atoms with Crippen LogP contribution >= 0.6 is 0 Å². The van der Waals surface area contributed by atoms with Gasteiger partial charge < -0.3 is 5.32 Å². The molecule has 0 aromatic heterocycles. The van der Waals surface area contributed by atoms with Crippen LogP contribution in [0.1, 0.15) is 46.5 Å². The Labute approximate surface area is 82.3 Å². The molecule has 2 aliphatic rings. The van der Waals surface area contributed by atoms with E-state index in [1.807, 2.05) is 0 Å². The van der Waals surface area contributed by atoms with Gasteiger partial charge >= 0.3 is 0 Å². The molecule has 0 radical (unpaired) electrons. The fraction of sp³-hybridized carbons (Fsp3) is 1.00. The van der Waals surface area contributed by atoms with Crippen molar-refractivity contribution >= 4 is 0 Å². The highest BCUT2D eigenvalue weighted by Gasteiger charge is 2.45. The van der Waals surface area contributed by atoms with Gasteiger partial charge in [-0.25, -0.2) is 0 Å². The fourth-order valence-corrected chi connectivity index (χ4v) is 2.54. The predicted octanol–water partition coefficient (Wildman–Crippen LogP) is 2.81. The lowest BCUT2D eigenvalue weighted by Crippen LogP contribution is -2.43. The molecule has 0 saturated heterocycles. The van der Waals surface area contributed by atoms with Crippen LogP contribution in [0.3, 0.4) is 0 Å². The summed E-state index contributed by atoms with van der Waals surface area (Å²) in [4.78, 5) is 0. The van der Waals surface area contributed by atoms with Crippen molar-refractivity contribution in [1.82, 2.24) is 5.32 Å². The van der Waals surface area contributed by atoms with Crippen molar-refractivity contribution in [3.05, 3.63) is 0 Å². The maximum absolute atomic E-state index is 3.73. The molecule has 1 nitrogen and oxygen atoms in total. The molecule has 0 aromatic carbocycles. The van der Waals surface area contributed by atoms with Gasteiger partial charge in [0.2, 0.25) is 0 Å². The van der Waals surface area contributed by atoms with E-state index in [9.17, 15) is 0 Å². The van der Waals surface area contributed by atoms with Gasteiger partial charge in [-0.2, -0.15) is 0 Å². The summed E-state index contributed by atoms with van der Waals surface area (Å²) in [6.07, 6.45) is 5.74. The van der Waals surface area contributed by atoms with Gasteiger partial charge in [-0.05, 0) is 42.9 Å².